The Morgan fingerprint density at radius 2 is 1.58 bits per heavy atom. The number of nitrogens with one attached hydrogen (secondary N) is 1. The third-order valence-electron chi connectivity index (χ3n) is 5.08. The summed E-state index contributed by atoms with van der Waals surface area (Å²) in [5, 5.41) is 3.61. The van der Waals surface area contributed by atoms with E-state index in [0.717, 1.165) is 45.9 Å². The predicted octanol–water partition coefficient (Wildman–Crippen LogP) is 0.500. The van der Waals surface area contributed by atoms with Gasteiger partial charge in [-0.05, 0) is 17.5 Å². The summed E-state index contributed by atoms with van der Waals surface area (Å²) >= 11 is 0. The van der Waals surface area contributed by atoms with Crippen LogP contribution in [0.15, 0.2) is 24.3 Å². The first kappa shape index (κ1) is 15.3. The topological polar surface area (TPSA) is 65.4 Å². The number of rotatable bonds is 10. The van der Waals surface area contributed by atoms with Crippen molar-refractivity contribution < 1.29 is 18.9 Å². The van der Waals surface area contributed by atoms with Crippen LogP contribution in [-0.4, -0.2) is 68.6 Å². The molecule has 4 unspecified atom stereocenters. The summed E-state index contributed by atoms with van der Waals surface area (Å²) in [7, 11) is 0. The van der Waals surface area contributed by atoms with E-state index in [1.165, 1.54) is 11.1 Å². The van der Waals surface area contributed by atoms with E-state index in [-0.39, 0.29) is 12.5 Å². The second-order valence-corrected chi connectivity index (χ2v) is 7.03. The molecule has 4 saturated heterocycles. The fraction of sp³-hybridized carbons (Fsp3) is 0.667. The zero-order chi connectivity index (χ0) is 15.9. The molecule has 0 amide bonds. The zero-order valence-electron chi connectivity index (χ0n) is 13.7. The number of benzene rings is 1. The molecular weight excluding hydrogens is 308 g/mol. The smallest absolute Gasteiger partial charge is 0.136 e. The Kier molecular flexibility index (Phi) is 4.05. The zero-order valence-corrected chi connectivity index (χ0v) is 13.7. The van der Waals surface area contributed by atoms with Crippen molar-refractivity contribution in [3.8, 4) is 0 Å². The molecule has 0 bridgehead atoms. The number of nitrogens with zero attached hydrogens (tertiary/aromatic N) is 1. The fourth-order valence-electron chi connectivity index (χ4n) is 3.36. The van der Waals surface area contributed by atoms with Gasteiger partial charge in [0.2, 0.25) is 0 Å². The minimum Gasteiger partial charge on any atom is -0.371 e. The Labute approximate surface area is 142 Å². The predicted molar refractivity (Wildman–Crippen MR) is 86.4 cm³/mol. The molecule has 1 N–H and O–H groups in total. The summed E-state index contributed by atoms with van der Waals surface area (Å²) in [4.78, 5) is 2.33. The second-order valence-electron chi connectivity index (χ2n) is 7.03. The standard InChI is InChI=1S/C18H24N2O4/c1-2-12(4-5-20(16-10-23-16)17-11-24-17)6-13(3-1)7-19-18(14-8-21-14)15-9-22-15/h1-3,6,14-19H,4-5,7-11H2. The first-order chi connectivity index (χ1) is 11.9. The lowest BCUT2D eigenvalue weighted by Gasteiger charge is -2.18. The van der Waals surface area contributed by atoms with E-state index in [1.807, 2.05) is 0 Å². The van der Waals surface area contributed by atoms with Crippen molar-refractivity contribution in [3.63, 3.8) is 0 Å². The molecule has 1 aromatic rings. The van der Waals surface area contributed by atoms with Gasteiger partial charge in [0.25, 0.3) is 0 Å². The van der Waals surface area contributed by atoms with Crippen LogP contribution in [0.5, 0.6) is 0 Å². The van der Waals surface area contributed by atoms with E-state index < -0.39 is 0 Å². The van der Waals surface area contributed by atoms with Gasteiger partial charge in [-0.15, -0.1) is 0 Å². The molecule has 0 aliphatic carbocycles. The van der Waals surface area contributed by atoms with Crippen molar-refractivity contribution in [2.45, 2.75) is 43.7 Å². The lowest BCUT2D eigenvalue weighted by molar-refractivity contribution is 0.115. The molecule has 0 saturated carbocycles. The summed E-state index contributed by atoms with van der Waals surface area (Å²) in [5.74, 6) is 0. The fourth-order valence-corrected chi connectivity index (χ4v) is 3.36. The van der Waals surface area contributed by atoms with Crippen LogP contribution >= 0.6 is 0 Å². The Morgan fingerprint density at radius 1 is 0.958 bits per heavy atom. The molecule has 4 aliphatic heterocycles. The van der Waals surface area contributed by atoms with Crippen LogP contribution < -0.4 is 5.32 Å². The quantitative estimate of drug-likeness (QED) is 0.630. The third-order valence-corrected chi connectivity index (χ3v) is 5.08. The van der Waals surface area contributed by atoms with Gasteiger partial charge in [0, 0.05) is 13.1 Å². The molecular formula is C18H24N2O4. The van der Waals surface area contributed by atoms with Gasteiger partial charge in [-0.3, -0.25) is 0 Å². The van der Waals surface area contributed by atoms with E-state index in [2.05, 4.69) is 34.5 Å². The van der Waals surface area contributed by atoms with Crippen molar-refractivity contribution in [3.05, 3.63) is 35.4 Å². The first-order valence-electron chi connectivity index (χ1n) is 8.90. The average molecular weight is 332 g/mol. The molecule has 0 radical (unpaired) electrons. The summed E-state index contributed by atoms with van der Waals surface area (Å²) in [6.45, 7) is 5.26. The van der Waals surface area contributed by atoms with Gasteiger partial charge in [-0.2, -0.15) is 0 Å². The molecule has 4 heterocycles. The number of hydrogen-bond donors (Lipinski definition) is 1. The molecule has 0 aromatic heterocycles. The summed E-state index contributed by atoms with van der Waals surface area (Å²) in [6, 6.07) is 9.16. The SMILES string of the molecule is c1cc(CCN(C2CO2)C2CO2)cc(CNC(C2CO2)C2CO2)c1. The molecule has 130 valence electrons. The summed E-state index contributed by atoms with van der Waals surface area (Å²) in [5.41, 5.74) is 2.68. The van der Waals surface area contributed by atoms with Crippen LogP contribution in [0.25, 0.3) is 0 Å². The van der Waals surface area contributed by atoms with Gasteiger partial charge in [0.15, 0.2) is 0 Å². The minimum absolute atomic E-state index is 0.278. The molecule has 1 aromatic carbocycles. The van der Waals surface area contributed by atoms with E-state index >= 15 is 0 Å². The highest BCUT2D eigenvalue weighted by atomic mass is 16.6. The van der Waals surface area contributed by atoms with Gasteiger partial charge in [0.1, 0.15) is 12.5 Å². The number of epoxide rings is 4. The van der Waals surface area contributed by atoms with Crippen LogP contribution in [0.1, 0.15) is 11.1 Å². The lowest BCUT2D eigenvalue weighted by Crippen LogP contribution is -2.38. The number of ether oxygens (including phenoxy) is 4. The van der Waals surface area contributed by atoms with E-state index in [0.29, 0.717) is 18.2 Å². The molecule has 24 heavy (non-hydrogen) atoms. The van der Waals surface area contributed by atoms with Gasteiger partial charge >= 0.3 is 0 Å². The summed E-state index contributed by atoms with van der Waals surface area (Å²) in [6.07, 6.45) is 2.26. The first-order valence-corrected chi connectivity index (χ1v) is 8.90. The van der Waals surface area contributed by atoms with Crippen molar-refractivity contribution in [2.75, 3.05) is 33.0 Å². The van der Waals surface area contributed by atoms with Crippen molar-refractivity contribution in [2.24, 2.45) is 0 Å². The normalized spacial score (nSPS) is 34.2. The van der Waals surface area contributed by atoms with Crippen LogP contribution in [0.2, 0.25) is 0 Å². The maximum absolute atomic E-state index is 5.43. The van der Waals surface area contributed by atoms with Crippen LogP contribution in [0.4, 0.5) is 0 Å². The van der Waals surface area contributed by atoms with E-state index in [1.54, 1.807) is 0 Å². The highest BCUT2D eigenvalue weighted by Crippen LogP contribution is 2.27. The highest BCUT2D eigenvalue weighted by molar-refractivity contribution is 5.24. The maximum atomic E-state index is 5.43. The van der Waals surface area contributed by atoms with Gasteiger partial charge < -0.3 is 24.3 Å². The van der Waals surface area contributed by atoms with Crippen LogP contribution in [-0.2, 0) is 31.9 Å². The summed E-state index contributed by atoms with van der Waals surface area (Å²) < 4.78 is 21.7. The van der Waals surface area contributed by atoms with Crippen molar-refractivity contribution in [1.29, 1.82) is 0 Å². The number of hydrogen-bond acceptors (Lipinski definition) is 6. The Bertz CT molecular complexity index is 511. The third kappa shape index (κ3) is 3.79. The molecule has 4 aliphatic rings. The largest absolute Gasteiger partial charge is 0.371 e. The molecule has 4 atom stereocenters. The Hall–Kier alpha value is -1.02. The van der Waals surface area contributed by atoms with Gasteiger partial charge in [0.05, 0.1) is 44.7 Å². The van der Waals surface area contributed by atoms with Gasteiger partial charge in [-0.1, -0.05) is 24.3 Å². The average Bonchev–Trinajstić information content (AvgIpc) is 3.46. The molecule has 6 nitrogen and oxygen atoms in total. The Balaban J connectivity index is 1.15. The Morgan fingerprint density at radius 3 is 2.17 bits per heavy atom. The van der Waals surface area contributed by atoms with Gasteiger partial charge in [-0.25, -0.2) is 4.90 Å². The van der Waals surface area contributed by atoms with Crippen LogP contribution in [0, 0.1) is 0 Å². The molecule has 0 spiro atoms. The monoisotopic (exact) mass is 332 g/mol. The van der Waals surface area contributed by atoms with Crippen LogP contribution in [0.3, 0.4) is 0 Å². The van der Waals surface area contributed by atoms with E-state index in [9.17, 15) is 0 Å². The molecule has 5 rings (SSSR count). The highest BCUT2D eigenvalue weighted by Gasteiger charge is 2.44. The van der Waals surface area contributed by atoms with Crippen molar-refractivity contribution in [1.82, 2.24) is 10.2 Å². The molecule has 6 heteroatoms. The van der Waals surface area contributed by atoms with E-state index in [4.69, 9.17) is 18.9 Å². The lowest BCUT2D eigenvalue weighted by atomic mass is 10.1. The van der Waals surface area contributed by atoms with Crippen molar-refractivity contribution >= 4 is 0 Å². The second kappa shape index (κ2) is 6.37. The minimum atomic E-state index is 0.278. The molecule has 4 fully saturated rings. The maximum Gasteiger partial charge on any atom is 0.136 e.